The lowest BCUT2D eigenvalue weighted by Crippen LogP contribution is -2.15. The van der Waals surface area contributed by atoms with Gasteiger partial charge in [0.2, 0.25) is 0 Å². The summed E-state index contributed by atoms with van der Waals surface area (Å²) in [6.45, 7) is 4.51. The Kier molecular flexibility index (Phi) is 9.40. The SMILES string of the molecule is CCCC1CCC(/C=C/CCc2ccc(C3CCC(CCC)CC3)c(F)c2F)CC1. The molecule has 0 nitrogen and oxygen atoms in total. The van der Waals surface area contributed by atoms with Crippen LogP contribution < -0.4 is 0 Å². The van der Waals surface area contributed by atoms with Crippen molar-refractivity contribution < 1.29 is 8.78 Å². The summed E-state index contributed by atoms with van der Waals surface area (Å²) in [5.74, 6) is 1.42. The Morgan fingerprint density at radius 1 is 0.800 bits per heavy atom. The van der Waals surface area contributed by atoms with Crippen LogP contribution in [0.5, 0.6) is 0 Å². The van der Waals surface area contributed by atoms with Crippen LogP contribution in [-0.4, -0.2) is 0 Å². The van der Waals surface area contributed by atoms with Gasteiger partial charge in [-0.05, 0) is 99.0 Å². The third kappa shape index (κ3) is 6.41. The molecule has 0 aliphatic heterocycles. The first-order chi connectivity index (χ1) is 14.6. The minimum Gasteiger partial charge on any atom is -0.203 e. The fourth-order valence-electron chi connectivity index (χ4n) is 5.89. The van der Waals surface area contributed by atoms with Crippen molar-refractivity contribution >= 4 is 0 Å². The fraction of sp³-hybridized carbons (Fsp3) is 0.714. The highest BCUT2D eigenvalue weighted by Gasteiger charge is 2.26. The zero-order valence-electron chi connectivity index (χ0n) is 19.3. The Morgan fingerprint density at radius 2 is 1.40 bits per heavy atom. The molecule has 168 valence electrons. The molecule has 0 aromatic heterocycles. The van der Waals surface area contributed by atoms with Gasteiger partial charge in [0.25, 0.3) is 0 Å². The zero-order valence-corrected chi connectivity index (χ0v) is 19.3. The van der Waals surface area contributed by atoms with Crippen LogP contribution in [0.3, 0.4) is 0 Å². The highest BCUT2D eigenvalue weighted by Crippen LogP contribution is 2.39. The van der Waals surface area contributed by atoms with Gasteiger partial charge in [0.1, 0.15) is 0 Å². The molecule has 2 aliphatic rings. The summed E-state index contributed by atoms with van der Waals surface area (Å²) in [7, 11) is 0. The second kappa shape index (κ2) is 12.0. The van der Waals surface area contributed by atoms with Crippen molar-refractivity contribution in [1.82, 2.24) is 0 Å². The number of hydrogen-bond acceptors (Lipinski definition) is 0. The lowest BCUT2D eigenvalue weighted by molar-refractivity contribution is 0.294. The van der Waals surface area contributed by atoms with E-state index < -0.39 is 11.6 Å². The van der Waals surface area contributed by atoms with Crippen LogP contribution in [-0.2, 0) is 6.42 Å². The van der Waals surface area contributed by atoms with E-state index >= 15 is 0 Å². The van der Waals surface area contributed by atoms with Crippen molar-refractivity contribution in [3.63, 3.8) is 0 Å². The average Bonchev–Trinajstić information content (AvgIpc) is 2.76. The van der Waals surface area contributed by atoms with E-state index in [1.54, 1.807) is 0 Å². The maximum Gasteiger partial charge on any atom is 0.162 e. The zero-order chi connectivity index (χ0) is 21.3. The molecule has 2 fully saturated rings. The largest absolute Gasteiger partial charge is 0.203 e. The Labute approximate surface area is 183 Å². The van der Waals surface area contributed by atoms with Crippen molar-refractivity contribution in [2.75, 3.05) is 0 Å². The van der Waals surface area contributed by atoms with Gasteiger partial charge in [0.05, 0.1) is 0 Å². The van der Waals surface area contributed by atoms with Crippen molar-refractivity contribution in [2.24, 2.45) is 17.8 Å². The standard InChI is InChI=1S/C28H42F2/c1-3-7-21-11-13-23(14-12-21)9-5-6-10-25-19-20-26(28(30)27(25)29)24-17-15-22(8-4-2)16-18-24/h5,9,19-24H,3-4,6-8,10-18H2,1-2H3/b9-5+. The molecule has 1 aromatic carbocycles. The molecule has 0 spiro atoms. The molecule has 0 heterocycles. The first kappa shape index (κ1) is 23.5. The van der Waals surface area contributed by atoms with Gasteiger partial charge in [-0.3, -0.25) is 0 Å². The highest BCUT2D eigenvalue weighted by molar-refractivity contribution is 5.29. The van der Waals surface area contributed by atoms with E-state index in [4.69, 9.17) is 0 Å². The monoisotopic (exact) mass is 416 g/mol. The third-order valence-corrected chi connectivity index (χ3v) is 7.75. The molecule has 0 radical (unpaired) electrons. The number of hydrogen-bond donors (Lipinski definition) is 0. The van der Waals surface area contributed by atoms with E-state index in [0.29, 0.717) is 23.5 Å². The molecule has 2 aliphatic carbocycles. The number of halogens is 2. The maximum atomic E-state index is 14.8. The van der Waals surface area contributed by atoms with Gasteiger partial charge in [-0.15, -0.1) is 0 Å². The lowest BCUT2D eigenvalue weighted by atomic mass is 9.77. The highest BCUT2D eigenvalue weighted by atomic mass is 19.2. The van der Waals surface area contributed by atoms with Crippen molar-refractivity contribution in [3.8, 4) is 0 Å². The molecule has 0 bridgehead atoms. The average molecular weight is 417 g/mol. The van der Waals surface area contributed by atoms with Gasteiger partial charge in [-0.1, -0.05) is 63.8 Å². The molecule has 3 rings (SSSR count). The van der Waals surface area contributed by atoms with Gasteiger partial charge in [0.15, 0.2) is 11.6 Å². The van der Waals surface area contributed by atoms with Crippen LogP contribution in [0.25, 0.3) is 0 Å². The van der Waals surface area contributed by atoms with Crippen molar-refractivity contribution in [3.05, 3.63) is 47.0 Å². The van der Waals surface area contributed by atoms with Crippen molar-refractivity contribution in [1.29, 1.82) is 0 Å². The van der Waals surface area contributed by atoms with E-state index in [1.165, 1.54) is 51.4 Å². The van der Waals surface area contributed by atoms with E-state index in [0.717, 1.165) is 43.9 Å². The Bertz CT molecular complexity index is 661. The predicted octanol–water partition coefficient (Wildman–Crippen LogP) is 9.13. The summed E-state index contributed by atoms with van der Waals surface area (Å²) in [4.78, 5) is 0. The van der Waals surface area contributed by atoms with Crippen LogP contribution in [0.2, 0.25) is 0 Å². The lowest BCUT2D eigenvalue weighted by Gasteiger charge is -2.29. The number of rotatable bonds is 9. The first-order valence-electron chi connectivity index (χ1n) is 12.8. The summed E-state index contributed by atoms with van der Waals surface area (Å²) in [5, 5.41) is 0. The minimum atomic E-state index is -0.600. The molecule has 2 saturated carbocycles. The second-order valence-corrected chi connectivity index (χ2v) is 9.98. The van der Waals surface area contributed by atoms with Gasteiger partial charge >= 0.3 is 0 Å². The normalized spacial score (nSPS) is 27.6. The summed E-state index contributed by atoms with van der Waals surface area (Å²) >= 11 is 0. The molecule has 0 unspecified atom stereocenters. The summed E-state index contributed by atoms with van der Waals surface area (Å²) in [5.41, 5.74) is 1.15. The summed E-state index contributed by atoms with van der Waals surface area (Å²) in [6, 6.07) is 3.72. The van der Waals surface area contributed by atoms with E-state index in [1.807, 2.05) is 12.1 Å². The summed E-state index contributed by atoms with van der Waals surface area (Å²) in [6.07, 6.45) is 20.7. The number of allylic oxidation sites excluding steroid dienone is 2. The second-order valence-electron chi connectivity index (χ2n) is 9.98. The van der Waals surface area contributed by atoms with E-state index in [-0.39, 0.29) is 5.92 Å². The molecule has 0 N–H and O–H groups in total. The van der Waals surface area contributed by atoms with E-state index in [2.05, 4.69) is 26.0 Å². The molecule has 0 saturated heterocycles. The van der Waals surface area contributed by atoms with Gasteiger partial charge in [-0.2, -0.15) is 0 Å². The Hall–Kier alpha value is -1.18. The maximum absolute atomic E-state index is 14.8. The molecular formula is C28H42F2. The topological polar surface area (TPSA) is 0 Å². The van der Waals surface area contributed by atoms with Crippen LogP contribution in [0.15, 0.2) is 24.3 Å². The van der Waals surface area contributed by atoms with Crippen LogP contribution in [0, 0.1) is 29.4 Å². The fourth-order valence-corrected chi connectivity index (χ4v) is 5.89. The summed E-state index contributed by atoms with van der Waals surface area (Å²) < 4.78 is 29.5. The van der Waals surface area contributed by atoms with Gasteiger partial charge in [-0.25, -0.2) is 8.78 Å². The molecule has 30 heavy (non-hydrogen) atoms. The minimum absolute atomic E-state index is 0.199. The first-order valence-corrected chi connectivity index (χ1v) is 12.8. The Morgan fingerprint density at radius 3 is 2.00 bits per heavy atom. The quantitative estimate of drug-likeness (QED) is 0.352. The van der Waals surface area contributed by atoms with E-state index in [9.17, 15) is 8.78 Å². The molecular weight excluding hydrogens is 374 g/mol. The molecule has 1 aromatic rings. The predicted molar refractivity (Wildman–Crippen MR) is 124 cm³/mol. The van der Waals surface area contributed by atoms with Crippen LogP contribution in [0.4, 0.5) is 8.78 Å². The number of benzene rings is 1. The molecule has 2 heteroatoms. The molecule has 0 amide bonds. The van der Waals surface area contributed by atoms with Crippen molar-refractivity contribution in [2.45, 2.75) is 110 Å². The Balaban J connectivity index is 1.48. The van der Waals surface area contributed by atoms with Crippen LogP contribution >= 0.6 is 0 Å². The number of aryl methyl sites for hydroxylation is 1. The van der Waals surface area contributed by atoms with Gasteiger partial charge in [0, 0.05) is 0 Å². The third-order valence-electron chi connectivity index (χ3n) is 7.75. The molecule has 0 atom stereocenters. The van der Waals surface area contributed by atoms with Crippen LogP contribution in [0.1, 0.15) is 114 Å². The smallest absolute Gasteiger partial charge is 0.162 e. The van der Waals surface area contributed by atoms with Gasteiger partial charge < -0.3 is 0 Å².